The summed E-state index contributed by atoms with van der Waals surface area (Å²) in [5, 5.41) is 17.4. The first kappa shape index (κ1) is 21.7. The zero-order valence-electron chi connectivity index (χ0n) is 18.8. The molecule has 5 aromatic rings. The molecule has 5 rings (SSSR count). The van der Waals surface area contributed by atoms with Crippen LogP contribution in [0.3, 0.4) is 0 Å². The first-order valence-corrected chi connectivity index (χ1v) is 11.7. The van der Waals surface area contributed by atoms with Gasteiger partial charge in [-0.1, -0.05) is 24.1 Å². The third kappa shape index (κ3) is 4.65. The lowest BCUT2D eigenvalue weighted by molar-refractivity contribution is 0.306. The maximum Gasteiger partial charge on any atom is 0.150 e. The van der Waals surface area contributed by atoms with Crippen molar-refractivity contribution >= 4 is 21.4 Å². The van der Waals surface area contributed by atoms with Crippen LogP contribution in [-0.2, 0) is 13.0 Å². The normalized spacial score (nSPS) is 11.7. The zero-order chi connectivity index (χ0) is 23.3. The molecule has 2 aromatic carbocycles. The molecule has 1 atom stereocenters. The van der Waals surface area contributed by atoms with Gasteiger partial charge in [0.25, 0.3) is 0 Å². The Balaban J connectivity index is 1.31. The van der Waals surface area contributed by atoms with Crippen LogP contribution in [0.15, 0.2) is 60.2 Å². The summed E-state index contributed by atoms with van der Waals surface area (Å²) in [6, 6.07) is 14.5. The number of ether oxygens (including phenoxy) is 1. The Labute approximate surface area is 201 Å². The van der Waals surface area contributed by atoms with Crippen LogP contribution in [-0.4, -0.2) is 30.6 Å². The maximum absolute atomic E-state index is 6.09. The first-order chi connectivity index (χ1) is 16.7. The number of aromatic amines is 1. The van der Waals surface area contributed by atoms with Gasteiger partial charge in [0.15, 0.2) is 0 Å². The van der Waals surface area contributed by atoms with Crippen molar-refractivity contribution in [3.05, 3.63) is 82.9 Å². The van der Waals surface area contributed by atoms with Gasteiger partial charge in [-0.2, -0.15) is 0 Å². The van der Waals surface area contributed by atoms with E-state index < -0.39 is 0 Å². The van der Waals surface area contributed by atoms with E-state index in [1.54, 1.807) is 23.7 Å². The van der Waals surface area contributed by atoms with Crippen molar-refractivity contribution in [2.24, 2.45) is 0 Å². The topological polar surface area (TPSA) is 89.5 Å². The molecule has 0 bridgehead atoms. The Morgan fingerprint density at radius 3 is 2.71 bits per heavy atom. The van der Waals surface area contributed by atoms with Crippen molar-refractivity contribution < 1.29 is 4.74 Å². The number of fused-ring (bicyclic) bond motifs is 1. The fourth-order valence-corrected chi connectivity index (χ4v) is 4.80. The van der Waals surface area contributed by atoms with Crippen molar-refractivity contribution in [2.45, 2.75) is 32.8 Å². The van der Waals surface area contributed by atoms with E-state index in [1.165, 1.54) is 10.1 Å². The molecule has 0 aliphatic heterocycles. The summed E-state index contributed by atoms with van der Waals surface area (Å²) in [6.45, 7) is 4.30. The second-order valence-electron chi connectivity index (χ2n) is 7.83. The molecule has 3 aromatic heterocycles. The number of nitrogens with zero attached hydrogens (tertiary/aromatic N) is 5. The Kier molecular flexibility index (Phi) is 6.27. The largest absolute Gasteiger partial charge is 0.489 e. The lowest BCUT2D eigenvalue weighted by Crippen LogP contribution is -2.03. The summed E-state index contributed by atoms with van der Waals surface area (Å²) in [6.07, 6.45) is 4.09. The van der Waals surface area contributed by atoms with Crippen molar-refractivity contribution in [1.29, 1.82) is 0 Å². The molecule has 1 N–H and O–H groups in total. The van der Waals surface area contributed by atoms with Crippen LogP contribution in [0, 0.1) is 18.8 Å². The number of H-pyrrole nitrogens is 1. The highest BCUT2D eigenvalue weighted by molar-refractivity contribution is 7.17. The van der Waals surface area contributed by atoms with E-state index in [-0.39, 0.29) is 5.92 Å². The Morgan fingerprint density at radius 1 is 1.09 bits per heavy atom. The molecule has 34 heavy (non-hydrogen) atoms. The molecule has 0 aliphatic rings. The third-order valence-electron chi connectivity index (χ3n) is 5.57. The molecule has 8 heteroatoms. The van der Waals surface area contributed by atoms with Gasteiger partial charge in [0.1, 0.15) is 18.2 Å². The fraction of sp³-hybridized carbons (Fsp3) is 0.192. The summed E-state index contributed by atoms with van der Waals surface area (Å²) >= 11 is 1.72. The first-order valence-electron chi connectivity index (χ1n) is 10.9. The van der Waals surface area contributed by atoms with Crippen LogP contribution in [0.4, 0.5) is 0 Å². The van der Waals surface area contributed by atoms with Crippen LogP contribution < -0.4 is 4.74 Å². The maximum atomic E-state index is 6.09. The van der Waals surface area contributed by atoms with Gasteiger partial charge in [0, 0.05) is 39.8 Å². The SMILES string of the molecule is CC#C[C@@H](Cc1nnn[nH]1)c1ccc(OCc2ccc3scc(-c4nccnc4C)c3c2)cc1. The fourth-order valence-electron chi connectivity index (χ4n) is 3.87. The number of aryl methyl sites for hydroxylation is 1. The van der Waals surface area contributed by atoms with Gasteiger partial charge in [0.05, 0.1) is 17.3 Å². The number of thiophene rings is 1. The molecule has 0 radical (unpaired) electrons. The van der Waals surface area contributed by atoms with Gasteiger partial charge >= 0.3 is 0 Å². The monoisotopic (exact) mass is 466 g/mol. The Bertz CT molecular complexity index is 1470. The number of benzene rings is 2. The quantitative estimate of drug-likeness (QED) is 0.335. The van der Waals surface area contributed by atoms with E-state index in [2.05, 4.69) is 66.0 Å². The van der Waals surface area contributed by atoms with E-state index in [4.69, 9.17) is 4.74 Å². The smallest absolute Gasteiger partial charge is 0.150 e. The highest BCUT2D eigenvalue weighted by Gasteiger charge is 2.13. The molecule has 0 aliphatic carbocycles. The second kappa shape index (κ2) is 9.81. The molecule has 168 valence electrons. The van der Waals surface area contributed by atoms with Gasteiger partial charge in [0.2, 0.25) is 0 Å². The lowest BCUT2D eigenvalue weighted by atomic mass is 9.96. The number of rotatable bonds is 7. The van der Waals surface area contributed by atoms with Crippen LogP contribution in [0.5, 0.6) is 5.75 Å². The minimum Gasteiger partial charge on any atom is -0.489 e. The van der Waals surface area contributed by atoms with Crippen molar-refractivity contribution in [2.75, 3.05) is 0 Å². The van der Waals surface area contributed by atoms with Crippen LogP contribution in [0.2, 0.25) is 0 Å². The second-order valence-corrected chi connectivity index (χ2v) is 8.74. The highest BCUT2D eigenvalue weighted by Crippen LogP contribution is 2.34. The van der Waals surface area contributed by atoms with E-state index in [0.29, 0.717) is 18.9 Å². The number of aromatic nitrogens is 6. The van der Waals surface area contributed by atoms with Gasteiger partial charge in [-0.15, -0.1) is 22.4 Å². The van der Waals surface area contributed by atoms with E-state index in [9.17, 15) is 0 Å². The summed E-state index contributed by atoms with van der Waals surface area (Å²) in [5.74, 6) is 7.77. The predicted octanol–water partition coefficient (Wildman–Crippen LogP) is 5.11. The standard InChI is InChI=1S/C26H22N6OS/c1-3-4-20(14-25-29-31-32-30-25)19-6-8-21(9-7-19)33-15-18-5-10-24-22(13-18)23(16-34-24)26-17(2)27-11-12-28-26/h5-13,16,20H,14-15H2,1-2H3,(H,29,30,31,32)/t20-/m0/s1. The zero-order valence-corrected chi connectivity index (χ0v) is 19.6. The molecular formula is C26H22N6OS. The molecule has 0 unspecified atom stereocenters. The van der Waals surface area contributed by atoms with Gasteiger partial charge < -0.3 is 4.74 Å². The van der Waals surface area contributed by atoms with E-state index in [0.717, 1.165) is 33.8 Å². The molecule has 3 heterocycles. The average Bonchev–Trinajstić information content (AvgIpc) is 3.53. The summed E-state index contributed by atoms with van der Waals surface area (Å²) in [7, 11) is 0. The average molecular weight is 467 g/mol. The summed E-state index contributed by atoms with van der Waals surface area (Å²) < 4.78 is 7.31. The predicted molar refractivity (Wildman–Crippen MR) is 132 cm³/mol. The van der Waals surface area contributed by atoms with Crippen molar-refractivity contribution in [3.8, 4) is 28.8 Å². The van der Waals surface area contributed by atoms with Gasteiger partial charge in [-0.25, -0.2) is 5.10 Å². The summed E-state index contributed by atoms with van der Waals surface area (Å²) in [5.41, 5.74) is 5.16. The van der Waals surface area contributed by atoms with Crippen molar-refractivity contribution in [1.82, 2.24) is 30.6 Å². The molecule has 0 fully saturated rings. The minimum atomic E-state index is 0.0118. The van der Waals surface area contributed by atoms with Crippen LogP contribution >= 0.6 is 11.3 Å². The van der Waals surface area contributed by atoms with Crippen molar-refractivity contribution in [3.63, 3.8) is 0 Å². The van der Waals surface area contributed by atoms with Gasteiger partial charge in [-0.05, 0) is 59.7 Å². The molecule has 0 saturated carbocycles. The Hall–Kier alpha value is -4.09. The minimum absolute atomic E-state index is 0.0118. The third-order valence-corrected chi connectivity index (χ3v) is 6.53. The lowest BCUT2D eigenvalue weighted by Gasteiger charge is -2.11. The molecule has 0 saturated heterocycles. The van der Waals surface area contributed by atoms with Gasteiger partial charge in [-0.3, -0.25) is 9.97 Å². The van der Waals surface area contributed by atoms with Crippen LogP contribution in [0.1, 0.15) is 35.5 Å². The van der Waals surface area contributed by atoms with Crippen LogP contribution in [0.25, 0.3) is 21.3 Å². The molecule has 0 spiro atoms. The Morgan fingerprint density at radius 2 is 1.94 bits per heavy atom. The number of hydrogen-bond acceptors (Lipinski definition) is 7. The number of hydrogen-bond donors (Lipinski definition) is 1. The number of tetrazole rings is 1. The highest BCUT2D eigenvalue weighted by atomic mass is 32.1. The molecule has 7 nitrogen and oxygen atoms in total. The molecule has 0 amide bonds. The summed E-state index contributed by atoms with van der Waals surface area (Å²) in [4.78, 5) is 8.93. The van der Waals surface area contributed by atoms with E-state index >= 15 is 0 Å². The molecular weight excluding hydrogens is 444 g/mol. The van der Waals surface area contributed by atoms with E-state index in [1.807, 2.05) is 38.1 Å². The number of nitrogens with one attached hydrogen (secondary N) is 1.